The summed E-state index contributed by atoms with van der Waals surface area (Å²) in [5.41, 5.74) is 8.43. The second kappa shape index (κ2) is 8.24. The largest absolute Gasteiger partial charge is 0.486 e. The van der Waals surface area contributed by atoms with Gasteiger partial charge in [-0.25, -0.2) is 9.37 Å². The van der Waals surface area contributed by atoms with E-state index < -0.39 is 0 Å². The normalized spacial score (nSPS) is 11.4. The molecule has 126 valence electrons. The number of nitrogens with zero attached hydrogens (tertiary/aromatic N) is 1. The Balaban J connectivity index is 0.00000208. The van der Waals surface area contributed by atoms with Gasteiger partial charge in [0.2, 0.25) is 0 Å². The summed E-state index contributed by atoms with van der Waals surface area (Å²) in [7, 11) is 0. The molecule has 6 heteroatoms. The lowest BCUT2D eigenvalue weighted by Gasteiger charge is -2.03. The highest BCUT2D eigenvalue weighted by Crippen LogP contribution is 2.32. The number of hydrogen-bond acceptors (Lipinski definition) is 4. The zero-order valence-electron chi connectivity index (χ0n) is 13.2. The molecule has 0 unspecified atom stereocenters. The highest BCUT2D eigenvalue weighted by molar-refractivity contribution is 7.21. The van der Waals surface area contributed by atoms with Crippen molar-refractivity contribution >= 4 is 34.0 Å². The maximum Gasteiger partial charge on any atom is 0.139 e. The van der Waals surface area contributed by atoms with Gasteiger partial charge < -0.3 is 10.5 Å². The lowest BCUT2D eigenvalue weighted by atomic mass is 10.2. The van der Waals surface area contributed by atoms with Crippen molar-refractivity contribution in [1.29, 1.82) is 0 Å². The van der Waals surface area contributed by atoms with E-state index in [0.29, 0.717) is 5.75 Å². The molecule has 0 bridgehead atoms. The molecule has 0 amide bonds. The molecule has 0 saturated carbocycles. The maximum atomic E-state index is 13.3. The Morgan fingerprint density at radius 2 is 2.00 bits per heavy atom. The van der Waals surface area contributed by atoms with Crippen molar-refractivity contribution in [2.75, 3.05) is 13.2 Å². The van der Waals surface area contributed by atoms with Crippen molar-refractivity contribution in [1.82, 2.24) is 4.98 Å². The van der Waals surface area contributed by atoms with Gasteiger partial charge in [0, 0.05) is 18.2 Å². The van der Waals surface area contributed by atoms with Crippen LogP contribution in [0.5, 0.6) is 5.75 Å². The third-order valence-electron chi connectivity index (χ3n) is 3.37. The van der Waals surface area contributed by atoms with Gasteiger partial charge in [-0.15, -0.1) is 23.7 Å². The summed E-state index contributed by atoms with van der Waals surface area (Å²) in [6.07, 6.45) is 1.30. The molecule has 0 fully saturated rings. The molecule has 0 saturated heterocycles. The van der Waals surface area contributed by atoms with Crippen LogP contribution in [0.15, 0.2) is 54.4 Å². The van der Waals surface area contributed by atoms with E-state index in [-0.39, 0.29) is 31.4 Å². The van der Waals surface area contributed by atoms with E-state index in [0.717, 1.165) is 20.8 Å². The van der Waals surface area contributed by atoms with Crippen LogP contribution < -0.4 is 10.5 Å². The topological polar surface area (TPSA) is 48.1 Å². The Morgan fingerprint density at radius 1 is 1.25 bits per heavy atom. The molecule has 0 atom stereocenters. The molecule has 3 rings (SSSR count). The average Bonchev–Trinajstić information content (AvgIpc) is 2.97. The van der Waals surface area contributed by atoms with Gasteiger partial charge in [-0.1, -0.05) is 29.8 Å². The molecule has 2 N–H and O–H groups in total. The number of hydrogen-bond donors (Lipinski definition) is 1. The molecule has 0 aliphatic rings. The van der Waals surface area contributed by atoms with E-state index in [1.807, 2.05) is 18.2 Å². The number of aryl methyl sites for hydroxylation is 1. The minimum absolute atomic E-state index is 0. The predicted molar refractivity (Wildman–Crippen MR) is 101 cm³/mol. The predicted octanol–water partition coefficient (Wildman–Crippen LogP) is 4.88. The number of ether oxygens (including phenoxy) is 1. The Hall–Kier alpha value is -1.95. The molecule has 1 heterocycles. The van der Waals surface area contributed by atoms with Crippen LogP contribution in [0.3, 0.4) is 0 Å². The summed E-state index contributed by atoms with van der Waals surface area (Å²) >= 11 is 1.63. The molecule has 24 heavy (non-hydrogen) atoms. The van der Waals surface area contributed by atoms with Gasteiger partial charge >= 0.3 is 0 Å². The number of aromatic nitrogens is 1. The standard InChI is InChI=1S/C18H17FN2OS.ClH/c1-12-2-4-13(5-3-12)18-21-16-10-15(6-7-17(16)23-18)22-11-14(19)8-9-20;/h2-8,10H,9,11,20H2,1H3;1H. The first-order valence-electron chi connectivity index (χ1n) is 7.31. The molecular formula is C18H18ClFN2OS. The van der Waals surface area contributed by atoms with Crippen LogP contribution in [-0.4, -0.2) is 18.1 Å². The summed E-state index contributed by atoms with van der Waals surface area (Å²) in [4.78, 5) is 4.65. The SMILES string of the molecule is Cc1ccc(-c2nc3cc(OCC(F)=CCN)ccc3s2)cc1.Cl. The van der Waals surface area contributed by atoms with E-state index in [1.165, 1.54) is 11.6 Å². The van der Waals surface area contributed by atoms with Crippen LogP contribution in [0.4, 0.5) is 4.39 Å². The van der Waals surface area contributed by atoms with Crippen molar-refractivity contribution < 1.29 is 9.13 Å². The molecule has 0 spiro atoms. The van der Waals surface area contributed by atoms with Crippen molar-refractivity contribution in [2.45, 2.75) is 6.92 Å². The average molecular weight is 365 g/mol. The maximum absolute atomic E-state index is 13.3. The minimum atomic E-state index is -0.369. The van der Waals surface area contributed by atoms with Gasteiger partial charge in [-0.2, -0.15) is 0 Å². The fourth-order valence-electron chi connectivity index (χ4n) is 2.16. The smallest absolute Gasteiger partial charge is 0.139 e. The first-order chi connectivity index (χ1) is 11.2. The van der Waals surface area contributed by atoms with Gasteiger partial charge in [0.15, 0.2) is 0 Å². The number of rotatable bonds is 5. The Labute approximate surface area is 150 Å². The van der Waals surface area contributed by atoms with Gasteiger partial charge in [0.1, 0.15) is 23.2 Å². The van der Waals surface area contributed by atoms with Gasteiger partial charge in [0.25, 0.3) is 0 Å². The highest BCUT2D eigenvalue weighted by atomic mass is 35.5. The van der Waals surface area contributed by atoms with Crippen molar-refractivity contribution in [3.05, 3.63) is 59.9 Å². The van der Waals surface area contributed by atoms with Crippen LogP contribution in [0, 0.1) is 6.92 Å². The summed E-state index contributed by atoms with van der Waals surface area (Å²) in [5.74, 6) is 0.227. The van der Waals surface area contributed by atoms with Gasteiger partial charge in [-0.3, -0.25) is 0 Å². The monoisotopic (exact) mass is 364 g/mol. The van der Waals surface area contributed by atoms with E-state index in [2.05, 4.69) is 36.2 Å². The van der Waals surface area contributed by atoms with Crippen LogP contribution >= 0.6 is 23.7 Å². The Kier molecular flexibility index (Phi) is 6.31. The van der Waals surface area contributed by atoms with Crippen molar-refractivity contribution in [3.8, 4) is 16.3 Å². The second-order valence-corrected chi connectivity index (χ2v) is 6.22. The lowest BCUT2D eigenvalue weighted by molar-refractivity contribution is 0.318. The minimum Gasteiger partial charge on any atom is -0.486 e. The van der Waals surface area contributed by atoms with Crippen molar-refractivity contribution in [3.63, 3.8) is 0 Å². The molecule has 0 aliphatic carbocycles. The number of halogens is 2. The number of thiazole rings is 1. The summed E-state index contributed by atoms with van der Waals surface area (Å²) in [5, 5.41) is 0.964. The van der Waals surface area contributed by atoms with E-state index in [9.17, 15) is 4.39 Å². The lowest BCUT2D eigenvalue weighted by Crippen LogP contribution is -2.01. The van der Waals surface area contributed by atoms with Gasteiger partial charge in [0.05, 0.1) is 10.2 Å². The van der Waals surface area contributed by atoms with Crippen LogP contribution in [0.2, 0.25) is 0 Å². The zero-order chi connectivity index (χ0) is 16.2. The third-order valence-corrected chi connectivity index (χ3v) is 4.46. The first-order valence-corrected chi connectivity index (χ1v) is 8.12. The molecule has 3 aromatic rings. The Bertz CT molecular complexity index is 846. The molecule has 3 nitrogen and oxygen atoms in total. The van der Waals surface area contributed by atoms with Crippen LogP contribution in [0.25, 0.3) is 20.8 Å². The van der Waals surface area contributed by atoms with Crippen LogP contribution in [-0.2, 0) is 0 Å². The zero-order valence-corrected chi connectivity index (χ0v) is 14.8. The fourth-order valence-corrected chi connectivity index (χ4v) is 3.11. The highest BCUT2D eigenvalue weighted by Gasteiger charge is 2.08. The van der Waals surface area contributed by atoms with Crippen LogP contribution in [0.1, 0.15) is 5.56 Å². The number of nitrogens with two attached hydrogens (primary N) is 1. The fraction of sp³-hybridized carbons (Fsp3) is 0.167. The summed E-state index contributed by atoms with van der Waals surface area (Å²) < 4.78 is 19.8. The first kappa shape index (κ1) is 18.4. The molecular weight excluding hydrogens is 347 g/mol. The number of fused-ring (bicyclic) bond motifs is 1. The van der Waals surface area contributed by atoms with Crippen molar-refractivity contribution in [2.24, 2.45) is 5.73 Å². The van der Waals surface area contributed by atoms with Gasteiger partial charge in [-0.05, 0) is 25.1 Å². The molecule has 0 radical (unpaired) electrons. The van der Waals surface area contributed by atoms with E-state index in [1.54, 1.807) is 11.3 Å². The summed E-state index contributed by atoms with van der Waals surface area (Å²) in [6.45, 7) is 2.11. The quantitative estimate of drug-likeness (QED) is 0.701. The molecule has 2 aromatic carbocycles. The molecule has 1 aromatic heterocycles. The number of benzene rings is 2. The second-order valence-electron chi connectivity index (χ2n) is 5.19. The van der Waals surface area contributed by atoms with E-state index >= 15 is 0 Å². The Morgan fingerprint density at radius 3 is 2.71 bits per heavy atom. The summed E-state index contributed by atoms with van der Waals surface area (Å²) in [6, 6.07) is 13.9. The van der Waals surface area contributed by atoms with E-state index in [4.69, 9.17) is 10.5 Å². The third kappa shape index (κ3) is 4.32. The molecule has 0 aliphatic heterocycles.